The Kier molecular flexibility index (Phi) is 11.3. The zero-order valence-electron chi connectivity index (χ0n) is 24.6. The molecule has 11 nitrogen and oxygen atoms in total. The Labute approximate surface area is 243 Å². The Morgan fingerprint density at radius 1 is 1.02 bits per heavy atom. The third-order valence-corrected chi connectivity index (χ3v) is 10.2. The summed E-state index contributed by atoms with van der Waals surface area (Å²) in [4.78, 5) is 41.0. The Morgan fingerprint density at radius 2 is 1.59 bits per heavy atom. The largest absolute Gasteiger partial charge is 0.481 e. The minimum atomic E-state index is -3.53. The van der Waals surface area contributed by atoms with Crippen LogP contribution >= 0.6 is 0 Å². The van der Waals surface area contributed by atoms with Gasteiger partial charge in [0.25, 0.3) is 5.91 Å². The summed E-state index contributed by atoms with van der Waals surface area (Å²) >= 11 is 0. The maximum atomic E-state index is 13.2. The fraction of sp³-hybridized carbons (Fsp3) is 0.655. The summed E-state index contributed by atoms with van der Waals surface area (Å²) in [5.41, 5.74) is 7.91. The first kappa shape index (κ1) is 32.5. The molecule has 3 amide bonds. The third-order valence-electron chi connectivity index (χ3n) is 8.29. The van der Waals surface area contributed by atoms with Crippen molar-refractivity contribution in [1.29, 1.82) is 0 Å². The monoisotopic (exact) mass is 591 g/mol. The highest BCUT2D eigenvalue weighted by Gasteiger charge is 2.47. The number of nitrogens with one attached hydrogen (secondary N) is 1. The molecule has 1 saturated heterocycles. The molecule has 3 rings (SSSR count). The van der Waals surface area contributed by atoms with E-state index in [0.717, 1.165) is 61.6 Å². The molecule has 0 aromatic heterocycles. The number of amidine groups is 1. The molecule has 0 saturated carbocycles. The van der Waals surface area contributed by atoms with E-state index in [-0.39, 0.29) is 31.2 Å². The van der Waals surface area contributed by atoms with Crippen molar-refractivity contribution in [2.45, 2.75) is 96.4 Å². The molecule has 0 unspecified atom stereocenters. The zero-order valence-corrected chi connectivity index (χ0v) is 25.4. The van der Waals surface area contributed by atoms with E-state index in [9.17, 15) is 22.8 Å². The second-order valence-electron chi connectivity index (χ2n) is 11.3. The van der Waals surface area contributed by atoms with Crippen molar-refractivity contribution in [2.24, 2.45) is 10.7 Å². The van der Waals surface area contributed by atoms with Crippen molar-refractivity contribution in [3.8, 4) is 0 Å². The molecule has 1 fully saturated rings. The van der Waals surface area contributed by atoms with Crippen LogP contribution < -0.4 is 16.0 Å². The summed E-state index contributed by atoms with van der Waals surface area (Å²) in [6.45, 7) is 4.32. The second-order valence-corrected chi connectivity index (χ2v) is 13.4. The molecule has 2 aliphatic rings. The summed E-state index contributed by atoms with van der Waals surface area (Å²) < 4.78 is 27.9. The lowest BCUT2D eigenvalue weighted by atomic mass is 9.89. The highest BCUT2D eigenvalue weighted by atomic mass is 32.2. The quantitative estimate of drug-likeness (QED) is 0.264. The topological polar surface area (TPSA) is 162 Å². The lowest BCUT2D eigenvalue weighted by molar-refractivity contribution is -0.137. The molecule has 1 spiro atoms. The van der Waals surface area contributed by atoms with Gasteiger partial charge in [0.15, 0.2) is 0 Å². The Hall–Kier alpha value is -2.99. The Morgan fingerprint density at radius 3 is 2.15 bits per heavy atom. The maximum Gasteiger partial charge on any atom is 0.318 e. The zero-order chi connectivity index (χ0) is 30.2. The van der Waals surface area contributed by atoms with E-state index in [1.807, 2.05) is 26.0 Å². The number of aryl methyl sites for hydroxylation is 2. The standard InChI is InChI=1S/C29H45N5O6S/c1-21-19-23(33(3)28(30)38)20-22(2)24(21)13-18-41(39,40)34-16-14-29(15-17-34)27(37)31-25(32-29)11-9-7-5-4-6-8-10-12-26(35)36/h19-20H,4-18H2,1-3H3,(H2,30,38)(H,35,36)(H,31,32,37). The van der Waals surface area contributed by atoms with Gasteiger partial charge in [0.1, 0.15) is 11.4 Å². The van der Waals surface area contributed by atoms with E-state index in [1.54, 1.807) is 7.05 Å². The summed E-state index contributed by atoms with van der Waals surface area (Å²) in [6, 6.07) is 3.11. The van der Waals surface area contributed by atoms with Gasteiger partial charge in [-0.15, -0.1) is 0 Å². The number of anilines is 1. The number of unbranched alkanes of at least 4 members (excludes halogenated alkanes) is 6. The number of amides is 3. The Bertz CT molecular complexity index is 1230. The van der Waals surface area contributed by atoms with Crippen LogP contribution in [0.1, 0.15) is 87.3 Å². The van der Waals surface area contributed by atoms with Gasteiger partial charge in [-0.25, -0.2) is 17.5 Å². The van der Waals surface area contributed by atoms with Crippen molar-refractivity contribution in [2.75, 3.05) is 30.8 Å². The number of aliphatic imine (C=N–C) groups is 1. The lowest BCUT2D eigenvalue weighted by Crippen LogP contribution is -2.50. The first-order valence-electron chi connectivity index (χ1n) is 14.6. The molecule has 228 valence electrons. The number of nitrogens with zero attached hydrogens (tertiary/aromatic N) is 3. The number of urea groups is 1. The average molecular weight is 592 g/mol. The van der Waals surface area contributed by atoms with E-state index < -0.39 is 27.6 Å². The van der Waals surface area contributed by atoms with Crippen LogP contribution in [-0.2, 0) is 26.0 Å². The summed E-state index contributed by atoms with van der Waals surface area (Å²) in [5.74, 6) is -0.207. The van der Waals surface area contributed by atoms with Gasteiger partial charge < -0.3 is 16.2 Å². The lowest BCUT2D eigenvalue weighted by Gasteiger charge is -2.34. The number of benzene rings is 1. The highest BCUT2D eigenvalue weighted by Crippen LogP contribution is 2.32. The van der Waals surface area contributed by atoms with Crippen molar-refractivity contribution in [3.63, 3.8) is 0 Å². The average Bonchev–Trinajstić information content (AvgIpc) is 3.20. The molecule has 0 bridgehead atoms. The Balaban J connectivity index is 1.46. The van der Waals surface area contributed by atoms with Gasteiger partial charge in [-0.3, -0.25) is 19.5 Å². The SMILES string of the molecule is Cc1cc(N(C)C(N)=O)cc(C)c1CCS(=O)(=O)N1CCC2(CC1)N=C(CCCCCCCCCC(=O)O)NC2=O. The van der Waals surface area contributed by atoms with Crippen LogP contribution in [0.5, 0.6) is 0 Å². The molecule has 12 heteroatoms. The number of sulfonamides is 1. The summed E-state index contributed by atoms with van der Waals surface area (Å²) in [7, 11) is -1.93. The normalized spacial score (nSPS) is 17.0. The number of aliphatic carboxylic acids is 1. The van der Waals surface area contributed by atoms with E-state index >= 15 is 0 Å². The van der Waals surface area contributed by atoms with Crippen LogP contribution in [0.4, 0.5) is 10.5 Å². The van der Waals surface area contributed by atoms with Crippen molar-refractivity contribution in [1.82, 2.24) is 9.62 Å². The number of carboxylic acid groups (broad SMARTS) is 1. The predicted molar refractivity (Wildman–Crippen MR) is 160 cm³/mol. The molecule has 41 heavy (non-hydrogen) atoms. The number of piperidine rings is 1. The van der Waals surface area contributed by atoms with Gasteiger partial charge in [-0.2, -0.15) is 0 Å². The number of carbonyl (C=O) groups excluding carboxylic acids is 2. The van der Waals surface area contributed by atoms with Gasteiger partial charge in [-0.1, -0.05) is 32.1 Å². The highest BCUT2D eigenvalue weighted by molar-refractivity contribution is 7.89. The molecule has 1 aromatic rings. The maximum absolute atomic E-state index is 13.2. The molecular formula is C29H45N5O6S. The van der Waals surface area contributed by atoms with Gasteiger partial charge in [-0.05, 0) is 74.8 Å². The fourth-order valence-electron chi connectivity index (χ4n) is 5.67. The molecule has 0 radical (unpaired) electrons. The number of carbonyl (C=O) groups is 3. The summed E-state index contributed by atoms with van der Waals surface area (Å²) in [5, 5.41) is 11.6. The van der Waals surface area contributed by atoms with Crippen LogP contribution in [0.15, 0.2) is 17.1 Å². The van der Waals surface area contributed by atoms with Gasteiger partial charge in [0, 0.05) is 38.7 Å². The smallest absolute Gasteiger partial charge is 0.318 e. The molecule has 2 heterocycles. The minimum Gasteiger partial charge on any atom is -0.481 e. The van der Waals surface area contributed by atoms with E-state index in [2.05, 4.69) is 5.32 Å². The second kappa shape index (κ2) is 14.3. The molecule has 0 atom stereocenters. The van der Waals surface area contributed by atoms with Crippen molar-refractivity contribution >= 4 is 39.5 Å². The van der Waals surface area contributed by atoms with Crippen LogP contribution in [-0.4, -0.2) is 73.0 Å². The third kappa shape index (κ3) is 8.75. The van der Waals surface area contributed by atoms with Crippen LogP contribution in [0, 0.1) is 13.8 Å². The fourth-order valence-corrected chi connectivity index (χ4v) is 7.13. The minimum absolute atomic E-state index is 0.0348. The molecule has 2 aliphatic heterocycles. The van der Waals surface area contributed by atoms with Crippen LogP contribution in [0.3, 0.4) is 0 Å². The van der Waals surface area contributed by atoms with Gasteiger partial charge in [0.05, 0.1) is 5.75 Å². The first-order chi connectivity index (χ1) is 19.3. The predicted octanol–water partition coefficient (Wildman–Crippen LogP) is 3.65. The number of nitrogens with two attached hydrogens (primary N) is 1. The number of primary amides is 1. The van der Waals surface area contributed by atoms with Crippen molar-refractivity contribution < 1.29 is 27.9 Å². The number of rotatable bonds is 15. The first-order valence-corrected chi connectivity index (χ1v) is 16.2. The molecule has 1 aromatic carbocycles. The number of carboxylic acids is 1. The molecule has 0 aliphatic carbocycles. The molecule has 4 N–H and O–H groups in total. The summed E-state index contributed by atoms with van der Waals surface area (Å²) in [6.07, 6.45) is 8.80. The van der Waals surface area contributed by atoms with Crippen LogP contribution in [0.2, 0.25) is 0 Å². The molecular weight excluding hydrogens is 546 g/mol. The van der Waals surface area contributed by atoms with Crippen LogP contribution in [0.25, 0.3) is 0 Å². The van der Waals surface area contributed by atoms with Gasteiger partial charge >= 0.3 is 12.0 Å². The van der Waals surface area contributed by atoms with Gasteiger partial charge in [0.2, 0.25) is 10.0 Å². The van der Waals surface area contributed by atoms with Crippen molar-refractivity contribution in [3.05, 3.63) is 28.8 Å². The van der Waals surface area contributed by atoms with E-state index in [4.69, 9.17) is 15.8 Å². The van der Waals surface area contributed by atoms with E-state index in [1.165, 1.54) is 9.21 Å². The number of hydrogen-bond donors (Lipinski definition) is 3. The van der Waals surface area contributed by atoms with E-state index in [0.29, 0.717) is 37.2 Å². The number of hydrogen-bond acceptors (Lipinski definition) is 6.